The molecule has 0 heterocycles. The minimum Gasteiger partial charge on any atom is -0.383 e. The number of hydrogen-bond acceptors (Lipinski definition) is 3. The van der Waals surface area contributed by atoms with Gasteiger partial charge in [0.2, 0.25) is 0 Å². The van der Waals surface area contributed by atoms with Gasteiger partial charge in [-0.3, -0.25) is 0 Å². The van der Waals surface area contributed by atoms with E-state index in [1.54, 1.807) is 14.2 Å². The van der Waals surface area contributed by atoms with Crippen molar-refractivity contribution in [2.75, 3.05) is 45.4 Å². The maximum absolute atomic E-state index is 5.11. The van der Waals surface area contributed by atoms with Gasteiger partial charge in [0.25, 0.3) is 0 Å². The third-order valence-electron chi connectivity index (χ3n) is 2.32. The van der Waals surface area contributed by atoms with Crippen molar-refractivity contribution in [3.05, 3.63) is 27.8 Å². The van der Waals surface area contributed by atoms with Crippen LogP contribution in [0.5, 0.6) is 0 Å². The lowest BCUT2D eigenvalue weighted by atomic mass is 10.3. The zero-order valence-electron chi connectivity index (χ0n) is 9.78. The minimum absolute atomic E-state index is 0.732. The Balaban J connectivity index is 2.62. The molecule has 0 aliphatic rings. The topological polar surface area (TPSA) is 21.7 Å². The summed E-state index contributed by atoms with van der Waals surface area (Å²) in [5.74, 6) is 0. The van der Waals surface area contributed by atoms with Gasteiger partial charge in [0.1, 0.15) is 0 Å². The van der Waals surface area contributed by atoms with Crippen molar-refractivity contribution in [3.8, 4) is 0 Å². The van der Waals surface area contributed by atoms with Crippen molar-refractivity contribution in [1.82, 2.24) is 0 Å². The molecular weight excluding hydrogens is 317 g/mol. The number of methoxy groups -OCH3 is 2. The second-order valence-corrected chi connectivity index (χ2v) is 4.69. The number of ether oxygens (including phenoxy) is 2. The molecule has 0 aromatic heterocycles. The Bertz CT molecular complexity index is 282. The number of anilines is 1. The molecule has 0 N–H and O–H groups in total. The number of rotatable bonds is 7. The first-order valence-corrected chi connectivity index (χ1v) is 6.34. The van der Waals surface area contributed by atoms with Crippen LogP contribution in [-0.4, -0.2) is 40.5 Å². The smallest absolute Gasteiger partial charge is 0.0637 e. The molecule has 0 unspecified atom stereocenters. The Morgan fingerprint density at radius 1 is 1.00 bits per heavy atom. The highest BCUT2D eigenvalue weighted by molar-refractivity contribution is 14.1. The molecule has 1 aromatic carbocycles. The summed E-state index contributed by atoms with van der Waals surface area (Å²) in [4.78, 5) is 2.27. The van der Waals surface area contributed by atoms with E-state index in [1.165, 1.54) is 9.26 Å². The second-order valence-electron chi connectivity index (χ2n) is 3.45. The standard InChI is InChI=1S/C12H18INO2/c1-15-9-7-14(8-10-16-2)12-5-3-11(13)4-6-12/h3-6H,7-10H2,1-2H3. The fraction of sp³-hybridized carbons (Fsp3) is 0.500. The molecule has 0 fully saturated rings. The van der Waals surface area contributed by atoms with Gasteiger partial charge in [-0.15, -0.1) is 0 Å². The van der Waals surface area contributed by atoms with Crippen LogP contribution in [0, 0.1) is 3.57 Å². The van der Waals surface area contributed by atoms with E-state index in [2.05, 4.69) is 51.8 Å². The van der Waals surface area contributed by atoms with Crippen molar-refractivity contribution in [3.63, 3.8) is 0 Å². The third-order valence-corrected chi connectivity index (χ3v) is 3.04. The minimum atomic E-state index is 0.732. The molecule has 16 heavy (non-hydrogen) atoms. The molecule has 0 amide bonds. The van der Waals surface area contributed by atoms with Gasteiger partial charge in [-0.2, -0.15) is 0 Å². The summed E-state index contributed by atoms with van der Waals surface area (Å²) in [5, 5.41) is 0. The summed E-state index contributed by atoms with van der Waals surface area (Å²) in [6.07, 6.45) is 0. The van der Waals surface area contributed by atoms with Gasteiger partial charge in [-0.05, 0) is 46.9 Å². The van der Waals surface area contributed by atoms with Gasteiger partial charge in [0.15, 0.2) is 0 Å². The van der Waals surface area contributed by atoms with E-state index in [0.29, 0.717) is 0 Å². The molecule has 0 radical (unpaired) electrons. The first-order chi connectivity index (χ1) is 7.77. The SMILES string of the molecule is COCCN(CCOC)c1ccc(I)cc1. The number of benzene rings is 1. The second kappa shape index (κ2) is 7.86. The van der Waals surface area contributed by atoms with Crippen LogP contribution < -0.4 is 4.90 Å². The van der Waals surface area contributed by atoms with Crippen LogP contribution in [-0.2, 0) is 9.47 Å². The van der Waals surface area contributed by atoms with E-state index in [1.807, 2.05) is 0 Å². The van der Waals surface area contributed by atoms with Crippen LogP contribution in [0.1, 0.15) is 0 Å². The molecule has 1 rings (SSSR count). The van der Waals surface area contributed by atoms with Crippen LogP contribution in [0.15, 0.2) is 24.3 Å². The Hall–Kier alpha value is -0.330. The van der Waals surface area contributed by atoms with Crippen molar-refractivity contribution >= 4 is 28.3 Å². The average molecular weight is 335 g/mol. The zero-order chi connectivity index (χ0) is 11.8. The highest BCUT2D eigenvalue weighted by Gasteiger charge is 2.05. The van der Waals surface area contributed by atoms with Gasteiger partial charge >= 0.3 is 0 Å². The van der Waals surface area contributed by atoms with Gasteiger partial charge in [0, 0.05) is 36.6 Å². The summed E-state index contributed by atoms with van der Waals surface area (Å²) in [6.45, 7) is 3.24. The Labute approximate surface area is 111 Å². The predicted molar refractivity (Wildman–Crippen MR) is 75.1 cm³/mol. The molecule has 0 aliphatic heterocycles. The van der Waals surface area contributed by atoms with Crippen LogP contribution >= 0.6 is 22.6 Å². The van der Waals surface area contributed by atoms with Crippen molar-refractivity contribution in [2.45, 2.75) is 0 Å². The van der Waals surface area contributed by atoms with Crippen molar-refractivity contribution < 1.29 is 9.47 Å². The average Bonchev–Trinajstić information content (AvgIpc) is 2.31. The lowest BCUT2D eigenvalue weighted by Crippen LogP contribution is -2.30. The fourth-order valence-electron chi connectivity index (χ4n) is 1.42. The summed E-state index contributed by atoms with van der Waals surface area (Å²) in [6, 6.07) is 8.49. The summed E-state index contributed by atoms with van der Waals surface area (Å²) < 4.78 is 11.5. The number of halogens is 1. The lowest BCUT2D eigenvalue weighted by molar-refractivity contribution is 0.190. The number of hydrogen-bond donors (Lipinski definition) is 0. The molecule has 3 nitrogen and oxygen atoms in total. The predicted octanol–water partition coefficient (Wildman–Crippen LogP) is 2.39. The highest BCUT2D eigenvalue weighted by atomic mass is 127. The normalized spacial score (nSPS) is 10.4. The molecule has 0 aliphatic carbocycles. The van der Waals surface area contributed by atoms with Gasteiger partial charge in [0.05, 0.1) is 13.2 Å². The number of nitrogens with zero attached hydrogens (tertiary/aromatic N) is 1. The maximum Gasteiger partial charge on any atom is 0.0637 e. The molecule has 0 saturated carbocycles. The van der Waals surface area contributed by atoms with Gasteiger partial charge in [-0.25, -0.2) is 0 Å². The summed E-state index contributed by atoms with van der Waals surface area (Å²) >= 11 is 2.31. The van der Waals surface area contributed by atoms with Crippen molar-refractivity contribution in [1.29, 1.82) is 0 Å². The molecule has 0 spiro atoms. The quantitative estimate of drug-likeness (QED) is 0.715. The summed E-state index contributed by atoms with van der Waals surface area (Å²) in [7, 11) is 3.45. The summed E-state index contributed by atoms with van der Waals surface area (Å²) in [5.41, 5.74) is 1.22. The van der Waals surface area contributed by atoms with Crippen LogP contribution in [0.25, 0.3) is 0 Å². The van der Waals surface area contributed by atoms with Crippen molar-refractivity contribution in [2.24, 2.45) is 0 Å². The third kappa shape index (κ3) is 4.67. The monoisotopic (exact) mass is 335 g/mol. The Morgan fingerprint density at radius 2 is 1.50 bits per heavy atom. The molecule has 90 valence electrons. The van der Waals surface area contributed by atoms with E-state index < -0.39 is 0 Å². The fourth-order valence-corrected chi connectivity index (χ4v) is 1.78. The molecule has 4 heteroatoms. The zero-order valence-corrected chi connectivity index (χ0v) is 11.9. The van der Waals surface area contributed by atoms with E-state index in [4.69, 9.17) is 9.47 Å². The lowest BCUT2D eigenvalue weighted by Gasteiger charge is -2.24. The van der Waals surface area contributed by atoms with Crippen LogP contribution in [0.3, 0.4) is 0 Å². The molecular formula is C12H18INO2. The maximum atomic E-state index is 5.11. The van der Waals surface area contributed by atoms with Gasteiger partial charge < -0.3 is 14.4 Å². The highest BCUT2D eigenvalue weighted by Crippen LogP contribution is 2.15. The van der Waals surface area contributed by atoms with E-state index in [-0.39, 0.29) is 0 Å². The molecule has 0 atom stereocenters. The molecule has 1 aromatic rings. The Kier molecular flexibility index (Phi) is 6.75. The van der Waals surface area contributed by atoms with Gasteiger partial charge in [-0.1, -0.05) is 0 Å². The largest absolute Gasteiger partial charge is 0.383 e. The molecule has 0 bridgehead atoms. The van der Waals surface area contributed by atoms with Crippen LogP contribution in [0.4, 0.5) is 5.69 Å². The van der Waals surface area contributed by atoms with E-state index in [9.17, 15) is 0 Å². The molecule has 0 saturated heterocycles. The first-order valence-electron chi connectivity index (χ1n) is 5.26. The first kappa shape index (κ1) is 13.7. The van der Waals surface area contributed by atoms with E-state index >= 15 is 0 Å². The Morgan fingerprint density at radius 3 is 1.94 bits per heavy atom. The van der Waals surface area contributed by atoms with E-state index in [0.717, 1.165) is 26.3 Å². The van der Waals surface area contributed by atoms with Crippen LogP contribution in [0.2, 0.25) is 0 Å².